The van der Waals surface area contributed by atoms with Gasteiger partial charge in [0.25, 0.3) is 0 Å². The number of hydrogen-bond donors (Lipinski definition) is 1. The molecule has 5 nitrogen and oxygen atoms in total. The van der Waals surface area contributed by atoms with E-state index in [4.69, 9.17) is 0 Å². The van der Waals surface area contributed by atoms with E-state index in [9.17, 15) is 26.4 Å². The molecule has 0 aliphatic heterocycles. The smallest absolute Gasteiger partial charge is 0.418 e. The molecule has 0 aliphatic carbocycles. The number of methoxy groups -OCH3 is 1. The van der Waals surface area contributed by atoms with Crippen molar-refractivity contribution >= 4 is 16.0 Å². The lowest BCUT2D eigenvalue weighted by Crippen LogP contribution is -2.64. The first-order valence-electron chi connectivity index (χ1n) is 6.76. The number of aryl methyl sites for hydroxylation is 1. The Bertz CT molecular complexity index is 726. The maximum absolute atomic E-state index is 13.6. The fourth-order valence-corrected chi connectivity index (χ4v) is 3.40. The Labute approximate surface area is 138 Å². The van der Waals surface area contributed by atoms with E-state index in [-0.39, 0.29) is 5.57 Å². The van der Waals surface area contributed by atoms with Crippen LogP contribution in [0.3, 0.4) is 0 Å². The summed E-state index contributed by atoms with van der Waals surface area (Å²) in [5.74, 6) is -1.76. The van der Waals surface area contributed by atoms with Crippen LogP contribution in [0.4, 0.5) is 13.2 Å². The third-order valence-electron chi connectivity index (χ3n) is 3.22. The maximum atomic E-state index is 13.6. The molecule has 0 saturated heterocycles. The van der Waals surface area contributed by atoms with Crippen LogP contribution in [0, 0.1) is 6.92 Å². The highest BCUT2D eigenvalue weighted by atomic mass is 32.2. The molecule has 0 aliphatic rings. The number of rotatable bonds is 6. The van der Waals surface area contributed by atoms with E-state index < -0.39 is 39.0 Å². The summed E-state index contributed by atoms with van der Waals surface area (Å²) in [6.45, 7) is 6.29. The number of hydrogen-bond acceptors (Lipinski definition) is 4. The summed E-state index contributed by atoms with van der Waals surface area (Å²) in [7, 11) is -3.88. The van der Waals surface area contributed by atoms with E-state index in [1.54, 1.807) is 6.92 Å². The minimum absolute atomic E-state index is 0.0377. The van der Waals surface area contributed by atoms with E-state index in [0.29, 0.717) is 0 Å². The SMILES string of the molecule is C=C(C)CC(NS(=O)(=O)c1ccc(C)cc1)(C(=O)OC)C(F)(F)F. The van der Waals surface area contributed by atoms with Crippen LogP contribution in [0.1, 0.15) is 18.9 Å². The highest BCUT2D eigenvalue weighted by molar-refractivity contribution is 7.89. The molecule has 134 valence electrons. The summed E-state index contributed by atoms with van der Waals surface area (Å²) in [4.78, 5) is 11.5. The van der Waals surface area contributed by atoms with Crippen molar-refractivity contribution in [1.82, 2.24) is 4.72 Å². The summed E-state index contributed by atoms with van der Waals surface area (Å²) in [5.41, 5.74) is -2.76. The van der Waals surface area contributed by atoms with Crippen molar-refractivity contribution in [3.05, 3.63) is 42.0 Å². The van der Waals surface area contributed by atoms with Crippen LogP contribution < -0.4 is 4.72 Å². The minimum atomic E-state index is -5.23. The molecule has 1 aromatic rings. The van der Waals surface area contributed by atoms with Gasteiger partial charge in [0, 0.05) is 6.42 Å². The molecule has 1 aromatic carbocycles. The normalized spacial score (nSPS) is 14.8. The number of esters is 1. The average Bonchev–Trinajstić information content (AvgIpc) is 2.44. The van der Waals surface area contributed by atoms with Gasteiger partial charge >= 0.3 is 12.1 Å². The second-order valence-electron chi connectivity index (χ2n) is 5.45. The molecule has 9 heteroatoms. The van der Waals surface area contributed by atoms with E-state index >= 15 is 0 Å². The van der Waals surface area contributed by atoms with Gasteiger partial charge in [-0.3, -0.25) is 0 Å². The average molecular weight is 365 g/mol. The van der Waals surface area contributed by atoms with E-state index in [2.05, 4.69) is 11.3 Å². The van der Waals surface area contributed by atoms with Gasteiger partial charge < -0.3 is 4.74 Å². The van der Waals surface area contributed by atoms with E-state index in [0.717, 1.165) is 24.8 Å². The van der Waals surface area contributed by atoms with Crippen molar-refractivity contribution in [3.63, 3.8) is 0 Å². The van der Waals surface area contributed by atoms with E-state index in [1.807, 2.05) is 0 Å². The summed E-state index contributed by atoms with van der Waals surface area (Å²) < 4.78 is 71.3. The lowest BCUT2D eigenvalue weighted by Gasteiger charge is -2.33. The molecule has 1 unspecified atom stereocenters. The Morgan fingerprint density at radius 3 is 2.12 bits per heavy atom. The third-order valence-corrected chi connectivity index (χ3v) is 4.73. The molecule has 1 rings (SSSR count). The van der Waals surface area contributed by atoms with Gasteiger partial charge in [-0.25, -0.2) is 13.2 Å². The molecule has 0 aromatic heterocycles. The highest BCUT2D eigenvalue weighted by Crippen LogP contribution is 2.37. The predicted octanol–water partition coefficient (Wildman–Crippen LogP) is 2.71. The highest BCUT2D eigenvalue weighted by Gasteiger charge is 2.63. The van der Waals surface area contributed by atoms with Gasteiger partial charge in [-0.1, -0.05) is 23.3 Å². The van der Waals surface area contributed by atoms with E-state index in [1.165, 1.54) is 23.8 Å². The molecule has 0 saturated carbocycles. The second-order valence-corrected chi connectivity index (χ2v) is 7.13. The van der Waals surface area contributed by atoms with Crippen LogP contribution in [0.25, 0.3) is 0 Å². The van der Waals surface area contributed by atoms with Crippen LogP contribution in [0.15, 0.2) is 41.3 Å². The van der Waals surface area contributed by atoms with Crippen molar-refractivity contribution < 1.29 is 31.1 Å². The van der Waals surface area contributed by atoms with Gasteiger partial charge in [-0.05, 0) is 26.0 Å². The minimum Gasteiger partial charge on any atom is -0.467 e. The molecule has 0 radical (unpaired) electrons. The van der Waals surface area contributed by atoms with Crippen LogP contribution in [-0.2, 0) is 19.6 Å². The lowest BCUT2D eigenvalue weighted by molar-refractivity contribution is -0.207. The van der Waals surface area contributed by atoms with Crippen LogP contribution in [0.5, 0.6) is 0 Å². The number of benzene rings is 1. The van der Waals surface area contributed by atoms with Crippen molar-refractivity contribution in [2.24, 2.45) is 0 Å². The van der Waals surface area contributed by atoms with Gasteiger partial charge in [0.15, 0.2) is 0 Å². The third kappa shape index (κ3) is 4.15. The molecule has 0 fully saturated rings. The largest absolute Gasteiger partial charge is 0.467 e. The number of alkyl halides is 3. The molecule has 0 bridgehead atoms. The Morgan fingerprint density at radius 2 is 1.75 bits per heavy atom. The second kappa shape index (κ2) is 6.94. The Kier molecular flexibility index (Phi) is 5.83. The predicted molar refractivity (Wildman–Crippen MR) is 81.7 cm³/mol. The zero-order valence-corrected chi connectivity index (χ0v) is 14.2. The Hall–Kier alpha value is -1.87. The number of carbonyl (C=O) groups is 1. The molecule has 24 heavy (non-hydrogen) atoms. The number of carbonyl (C=O) groups excluding carboxylic acids is 1. The lowest BCUT2D eigenvalue weighted by atomic mass is 9.92. The van der Waals surface area contributed by atoms with Gasteiger partial charge in [0.1, 0.15) is 0 Å². The van der Waals surface area contributed by atoms with Gasteiger partial charge in [0.2, 0.25) is 15.6 Å². The zero-order valence-electron chi connectivity index (χ0n) is 13.4. The first-order valence-corrected chi connectivity index (χ1v) is 8.24. The molecular formula is C15H18F3NO4S. The number of nitrogens with one attached hydrogen (secondary N) is 1. The van der Waals surface area contributed by atoms with Crippen LogP contribution in [-0.4, -0.2) is 33.2 Å². The molecule has 1 N–H and O–H groups in total. The Morgan fingerprint density at radius 1 is 1.25 bits per heavy atom. The van der Waals surface area contributed by atoms with Gasteiger partial charge in [-0.15, -0.1) is 6.58 Å². The summed E-state index contributed by atoms with van der Waals surface area (Å²) in [5, 5.41) is 0. The molecule has 0 heterocycles. The summed E-state index contributed by atoms with van der Waals surface area (Å²) in [6, 6.07) is 5.16. The molecule has 0 spiro atoms. The van der Waals surface area contributed by atoms with Gasteiger partial charge in [-0.2, -0.15) is 17.9 Å². The molecular weight excluding hydrogens is 347 g/mol. The fraction of sp³-hybridized carbons (Fsp3) is 0.400. The number of halogens is 3. The van der Waals surface area contributed by atoms with Crippen molar-refractivity contribution in [2.45, 2.75) is 36.9 Å². The molecule has 0 amide bonds. The maximum Gasteiger partial charge on any atom is 0.418 e. The molecule has 1 atom stereocenters. The quantitative estimate of drug-likeness (QED) is 0.621. The van der Waals surface area contributed by atoms with Crippen LogP contribution in [0.2, 0.25) is 0 Å². The standard InChI is InChI=1S/C15H18F3NO4S/c1-10(2)9-14(13(20)23-4,15(16,17)18)19-24(21,22)12-7-5-11(3)6-8-12/h5-8,19H,1,9H2,2-4H3. The summed E-state index contributed by atoms with van der Waals surface area (Å²) >= 11 is 0. The van der Waals surface area contributed by atoms with Crippen molar-refractivity contribution in [1.29, 1.82) is 0 Å². The first-order chi connectivity index (χ1) is 10.9. The van der Waals surface area contributed by atoms with Gasteiger partial charge in [0.05, 0.1) is 12.0 Å². The van der Waals surface area contributed by atoms with Crippen LogP contribution >= 0.6 is 0 Å². The monoisotopic (exact) mass is 365 g/mol. The number of sulfonamides is 1. The fourth-order valence-electron chi connectivity index (χ4n) is 2.06. The summed E-state index contributed by atoms with van der Waals surface area (Å²) in [6.07, 6.45) is -6.20. The van der Waals surface area contributed by atoms with Crippen molar-refractivity contribution in [2.75, 3.05) is 7.11 Å². The zero-order chi connectivity index (χ0) is 18.8. The van der Waals surface area contributed by atoms with Crippen molar-refractivity contribution in [3.8, 4) is 0 Å². The Balaban J connectivity index is 3.47. The topological polar surface area (TPSA) is 72.5 Å². The number of ether oxygens (including phenoxy) is 1. The first kappa shape index (κ1) is 20.2.